The van der Waals surface area contributed by atoms with Crippen LogP contribution >= 0.6 is 0 Å². The number of aromatic hydroxyl groups is 3. The number of carbonyl (C=O) groups excluding carboxylic acids is 1. The summed E-state index contributed by atoms with van der Waals surface area (Å²) in [5, 5.41) is 29.2. The van der Waals surface area contributed by atoms with Gasteiger partial charge in [0.1, 0.15) is 11.3 Å². The highest BCUT2D eigenvalue weighted by Crippen LogP contribution is 2.30. The molecule has 0 radical (unpaired) electrons. The lowest BCUT2D eigenvalue weighted by molar-refractivity contribution is 0.104. The summed E-state index contributed by atoms with van der Waals surface area (Å²) in [5.41, 5.74) is 1.21. The molecule has 0 aliphatic heterocycles. The van der Waals surface area contributed by atoms with Gasteiger partial charge in [0.2, 0.25) is 0 Å². The Balaban J connectivity index is 1.90. The average Bonchev–Trinajstić information content (AvgIpc) is 2.98. The number of allylic oxidation sites excluding steroid dienone is 1. The van der Waals surface area contributed by atoms with Gasteiger partial charge in [-0.15, -0.1) is 0 Å². The van der Waals surface area contributed by atoms with E-state index in [0.717, 1.165) is 0 Å². The Morgan fingerprint density at radius 1 is 1.00 bits per heavy atom. The zero-order chi connectivity index (χ0) is 15.7. The van der Waals surface area contributed by atoms with E-state index in [9.17, 15) is 20.1 Å². The first-order valence-corrected chi connectivity index (χ1v) is 6.50. The maximum Gasteiger partial charge on any atom is 0.189 e. The zero-order valence-electron chi connectivity index (χ0n) is 11.4. The van der Waals surface area contributed by atoms with E-state index in [1.54, 1.807) is 18.2 Å². The van der Waals surface area contributed by atoms with Gasteiger partial charge >= 0.3 is 0 Å². The van der Waals surface area contributed by atoms with E-state index in [1.165, 1.54) is 36.6 Å². The predicted octanol–water partition coefficient (Wildman–Crippen LogP) is 3.45. The molecule has 0 spiro atoms. The lowest BCUT2D eigenvalue weighted by Crippen LogP contribution is -1.94. The highest BCUT2D eigenvalue weighted by Gasteiger charge is 2.13. The van der Waals surface area contributed by atoms with Crippen LogP contribution < -0.4 is 0 Å². The molecule has 3 N–H and O–H groups in total. The number of carbonyl (C=O) groups is 1. The van der Waals surface area contributed by atoms with Crippen molar-refractivity contribution >= 4 is 22.8 Å². The summed E-state index contributed by atoms with van der Waals surface area (Å²) in [5.74, 6) is -1.01. The third-order valence-electron chi connectivity index (χ3n) is 3.30. The largest absolute Gasteiger partial charge is 0.506 e. The molecule has 0 aliphatic carbocycles. The number of furan rings is 1. The first kappa shape index (κ1) is 13.8. The number of hydrogen-bond acceptors (Lipinski definition) is 5. The minimum atomic E-state index is -0.381. The van der Waals surface area contributed by atoms with Crippen LogP contribution in [0.2, 0.25) is 0 Å². The van der Waals surface area contributed by atoms with E-state index >= 15 is 0 Å². The van der Waals surface area contributed by atoms with Gasteiger partial charge in [-0.2, -0.15) is 0 Å². The summed E-state index contributed by atoms with van der Waals surface area (Å²) < 4.78 is 5.15. The Kier molecular flexibility index (Phi) is 3.31. The van der Waals surface area contributed by atoms with Crippen molar-refractivity contribution in [1.29, 1.82) is 0 Å². The average molecular weight is 296 g/mol. The lowest BCUT2D eigenvalue weighted by Gasteiger charge is -2.02. The van der Waals surface area contributed by atoms with Crippen molar-refractivity contribution in [3.05, 3.63) is 59.9 Å². The Morgan fingerprint density at radius 2 is 1.82 bits per heavy atom. The van der Waals surface area contributed by atoms with Crippen molar-refractivity contribution < 1.29 is 24.5 Å². The van der Waals surface area contributed by atoms with E-state index < -0.39 is 0 Å². The second kappa shape index (κ2) is 5.29. The van der Waals surface area contributed by atoms with E-state index in [1.807, 2.05) is 0 Å². The van der Waals surface area contributed by atoms with Crippen molar-refractivity contribution in [2.75, 3.05) is 0 Å². The fourth-order valence-electron chi connectivity index (χ4n) is 2.13. The lowest BCUT2D eigenvalue weighted by atomic mass is 10.1. The molecule has 0 aliphatic rings. The Labute approximate surface area is 125 Å². The van der Waals surface area contributed by atoms with Gasteiger partial charge in [-0.1, -0.05) is 12.1 Å². The number of rotatable bonds is 3. The van der Waals surface area contributed by atoms with E-state index in [0.29, 0.717) is 16.5 Å². The van der Waals surface area contributed by atoms with E-state index in [-0.39, 0.29) is 28.6 Å². The van der Waals surface area contributed by atoms with Crippen LogP contribution in [-0.2, 0) is 0 Å². The highest BCUT2D eigenvalue weighted by atomic mass is 16.3. The molecule has 0 atom stereocenters. The fraction of sp³-hybridized carbons (Fsp3) is 0. The first-order chi connectivity index (χ1) is 10.6. The van der Waals surface area contributed by atoms with Crippen molar-refractivity contribution in [2.24, 2.45) is 0 Å². The maximum atomic E-state index is 12.2. The molecule has 1 heterocycles. The van der Waals surface area contributed by atoms with Crippen LogP contribution in [0.5, 0.6) is 17.2 Å². The Bertz CT molecular complexity index is 889. The molecule has 3 aromatic rings. The topological polar surface area (TPSA) is 90.9 Å². The molecule has 0 saturated heterocycles. The minimum absolute atomic E-state index is 0.130. The van der Waals surface area contributed by atoms with E-state index in [2.05, 4.69) is 0 Å². The van der Waals surface area contributed by atoms with Crippen LogP contribution in [0.4, 0.5) is 0 Å². The summed E-state index contributed by atoms with van der Waals surface area (Å²) in [6.45, 7) is 0. The molecule has 110 valence electrons. The standard InChI is InChI=1S/C17H12O5/c18-13(4-1-10-2-5-14(19)15(20)9-10)11-3-6-16-12(17(11)21)7-8-22-16/h1-9,19-21H/b4-1+. The summed E-state index contributed by atoms with van der Waals surface area (Å²) in [4.78, 5) is 12.2. The SMILES string of the molecule is O=C(/C=C/c1ccc(O)c(O)c1)c1ccc2occc2c1O. The van der Waals surface area contributed by atoms with Crippen LogP contribution in [0, 0.1) is 0 Å². The Hall–Kier alpha value is -3.21. The molecular weight excluding hydrogens is 284 g/mol. The quantitative estimate of drug-likeness (QED) is 0.391. The van der Waals surface area contributed by atoms with Crippen molar-refractivity contribution in [1.82, 2.24) is 0 Å². The first-order valence-electron chi connectivity index (χ1n) is 6.50. The number of phenolic OH excluding ortho intramolecular Hbond substituents is 3. The second-order valence-electron chi connectivity index (χ2n) is 4.74. The van der Waals surface area contributed by atoms with Gasteiger partial charge in [0, 0.05) is 0 Å². The van der Waals surface area contributed by atoms with Gasteiger partial charge < -0.3 is 19.7 Å². The molecule has 5 nitrogen and oxygen atoms in total. The summed E-state index contributed by atoms with van der Waals surface area (Å²) in [7, 11) is 0. The normalized spacial score (nSPS) is 11.3. The Morgan fingerprint density at radius 3 is 2.59 bits per heavy atom. The number of fused-ring (bicyclic) bond motifs is 1. The molecule has 0 saturated carbocycles. The van der Waals surface area contributed by atoms with Gasteiger partial charge in [-0.25, -0.2) is 0 Å². The molecule has 22 heavy (non-hydrogen) atoms. The third kappa shape index (κ3) is 2.40. The second-order valence-corrected chi connectivity index (χ2v) is 4.74. The van der Waals surface area contributed by atoms with Crippen molar-refractivity contribution in [3.8, 4) is 17.2 Å². The van der Waals surface area contributed by atoms with E-state index in [4.69, 9.17) is 4.42 Å². The summed E-state index contributed by atoms with van der Waals surface area (Å²) in [6.07, 6.45) is 4.21. The van der Waals surface area contributed by atoms with Crippen LogP contribution in [0.1, 0.15) is 15.9 Å². The third-order valence-corrected chi connectivity index (χ3v) is 3.30. The predicted molar refractivity (Wildman–Crippen MR) is 81.0 cm³/mol. The summed E-state index contributed by atoms with van der Waals surface area (Å²) in [6, 6.07) is 8.90. The molecule has 0 fully saturated rings. The van der Waals surface area contributed by atoms with Gasteiger partial charge in [-0.3, -0.25) is 4.79 Å². The maximum absolute atomic E-state index is 12.2. The molecule has 0 unspecified atom stereocenters. The molecule has 0 amide bonds. The van der Waals surface area contributed by atoms with Gasteiger partial charge in [0.25, 0.3) is 0 Å². The zero-order valence-corrected chi connectivity index (χ0v) is 11.4. The fourth-order valence-corrected chi connectivity index (χ4v) is 2.13. The van der Waals surface area contributed by atoms with Crippen LogP contribution in [0.3, 0.4) is 0 Å². The molecule has 3 rings (SSSR count). The molecule has 5 heteroatoms. The van der Waals surface area contributed by atoms with Gasteiger partial charge in [0.15, 0.2) is 17.3 Å². The molecule has 2 aromatic carbocycles. The molecule has 0 bridgehead atoms. The van der Waals surface area contributed by atoms with Crippen LogP contribution in [-0.4, -0.2) is 21.1 Å². The highest BCUT2D eigenvalue weighted by molar-refractivity contribution is 6.11. The number of ketones is 1. The van der Waals surface area contributed by atoms with Gasteiger partial charge in [0.05, 0.1) is 17.2 Å². The number of hydrogen-bond donors (Lipinski definition) is 3. The van der Waals surface area contributed by atoms with Crippen LogP contribution in [0.25, 0.3) is 17.0 Å². The smallest absolute Gasteiger partial charge is 0.189 e. The summed E-state index contributed by atoms with van der Waals surface area (Å²) >= 11 is 0. The monoisotopic (exact) mass is 296 g/mol. The molecule has 1 aromatic heterocycles. The van der Waals surface area contributed by atoms with Crippen molar-refractivity contribution in [3.63, 3.8) is 0 Å². The molecular formula is C17H12O5. The van der Waals surface area contributed by atoms with Gasteiger partial charge in [-0.05, 0) is 42.0 Å². The minimum Gasteiger partial charge on any atom is -0.506 e. The number of benzene rings is 2. The number of phenols is 3. The van der Waals surface area contributed by atoms with Crippen molar-refractivity contribution in [2.45, 2.75) is 0 Å². The van der Waals surface area contributed by atoms with Crippen LogP contribution in [0.15, 0.2) is 53.2 Å².